The molecule has 1 atom stereocenters. The van der Waals surface area contributed by atoms with Crippen molar-refractivity contribution in [2.24, 2.45) is 0 Å². The van der Waals surface area contributed by atoms with Gasteiger partial charge in [-0.3, -0.25) is 19.7 Å². The predicted molar refractivity (Wildman–Crippen MR) is 115 cm³/mol. The molecule has 2 heterocycles. The molecule has 0 saturated carbocycles. The molecule has 0 amide bonds. The molecule has 2 N–H and O–H groups in total. The average molecular weight is 426 g/mol. The first kappa shape index (κ1) is 20.3. The van der Waals surface area contributed by atoms with Crippen molar-refractivity contribution >= 4 is 29.1 Å². The van der Waals surface area contributed by atoms with Crippen molar-refractivity contribution in [3.63, 3.8) is 0 Å². The number of hydrogen-bond donors (Lipinski definition) is 2. The highest BCUT2D eigenvalue weighted by Crippen LogP contribution is 2.43. The zero-order chi connectivity index (χ0) is 21.3. The van der Waals surface area contributed by atoms with Crippen LogP contribution in [0.1, 0.15) is 56.1 Å². The van der Waals surface area contributed by atoms with E-state index in [1.165, 1.54) is 23.9 Å². The molecule has 4 rings (SSSR count). The molecule has 2 aromatic rings. The summed E-state index contributed by atoms with van der Waals surface area (Å²) < 4.78 is 0. The second-order valence-corrected chi connectivity index (χ2v) is 8.49. The maximum absolute atomic E-state index is 13.1. The van der Waals surface area contributed by atoms with Crippen LogP contribution in [0, 0.1) is 10.1 Å². The maximum atomic E-state index is 13.1. The summed E-state index contributed by atoms with van der Waals surface area (Å²) in [5.74, 6) is 0.736. The lowest BCUT2D eigenvalue weighted by Gasteiger charge is -2.32. The van der Waals surface area contributed by atoms with Crippen molar-refractivity contribution in [3.05, 3.63) is 67.1 Å². The monoisotopic (exact) mass is 426 g/mol. The number of Topliss-reactive ketones (excluding diaryl/α,β-unsaturated/α-hetero) is 1. The molecule has 2 aliphatic rings. The van der Waals surface area contributed by atoms with Gasteiger partial charge in [0, 0.05) is 41.5 Å². The van der Waals surface area contributed by atoms with E-state index in [4.69, 9.17) is 0 Å². The maximum Gasteiger partial charge on any atom is 0.269 e. The van der Waals surface area contributed by atoms with Crippen LogP contribution >= 0.6 is 11.8 Å². The van der Waals surface area contributed by atoms with Gasteiger partial charge in [0.05, 0.1) is 10.5 Å². The van der Waals surface area contributed by atoms with Crippen molar-refractivity contribution in [1.82, 2.24) is 9.97 Å². The number of fused-ring (bicyclic) bond motifs is 1. The highest BCUT2D eigenvalue weighted by molar-refractivity contribution is 7.99. The lowest BCUT2D eigenvalue weighted by atomic mass is 9.76. The topological polar surface area (TPSA) is 118 Å². The number of nitrogens with one attached hydrogen (secondary N) is 2. The summed E-state index contributed by atoms with van der Waals surface area (Å²) in [6.45, 7) is 2.11. The van der Waals surface area contributed by atoms with Gasteiger partial charge in [0.15, 0.2) is 10.9 Å². The van der Waals surface area contributed by atoms with Gasteiger partial charge in [0.1, 0.15) is 5.82 Å². The van der Waals surface area contributed by atoms with Crippen LogP contribution < -0.4 is 10.9 Å². The molecule has 0 unspecified atom stereocenters. The number of benzene rings is 1. The lowest BCUT2D eigenvalue weighted by molar-refractivity contribution is -0.384. The van der Waals surface area contributed by atoms with E-state index in [1.54, 1.807) is 12.1 Å². The fraction of sp³-hybridized carbons (Fsp3) is 0.381. The number of non-ortho nitro benzene ring substituents is 1. The van der Waals surface area contributed by atoms with Gasteiger partial charge in [-0.15, -0.1) is 0 Å². The molecule has 1 aromatic heterocycles. The number of anilines is 1. The van der Waals surface area contributed by atoms with E-state index in [1.807, 2.05) is 0 Å². The van der Waals surface area contributed by atoms with Gasteiger partial charge in [-0.1, -0.05) is 37.2 Å². The summed E-state index contributed by atoms with van der Waals surface area (Å²) in [5.41, 5.74) is 2.10. The number of H-pyrrole nitrogens is 1. The quantitative estimate of drug-likeness (QED) is 0.234. The number of nitro benzene ring substituents is 1. The second kappa shape index (κ2) is 8.43. The number of hydrogen-bond acceptors (Lipinski definition) is 7. The smallest absolute Gasteiger partial charge is 0.269 e. The summed E-state index contributed by atoms with van der Waals surface area (Å²) in [7, 11) is 0. The molecular formula is C21H22N4O4S. The molecule has 0 bridgehead atoms. The number of carbonyl (C=O) groups is 1. The first-order valence-electron chi connectivity index (χ1n) is 10.0. The highest BCUT2D eigenvalue weighted by Gasteiger charge is 2.37. The van der Waals surface area contributed by atoms with Gasteiger partial charge >= 0.3 is 0 Å². The molecule has 156 valence electrons. The molecule has 0 spiro atoms. The van der Waals surface area contributed by atoms with Gasteiger partial charge in [-0.2, -0.15) is 0 Å². The standard InChI is InChI=1S/C21H22N4O4S/c1-2-3-11-30-21-23-19-18(20(27)24-21)16(12-7-9-13(10-8-12)25(28)29)17-14(22-19)5-4-6-15(17)26/h7-10,16H,2-6,11H2,1H3,(H2,22,23,24,27)/t16-/m0/s1. The Morgan fingerprint density at radius 2 is 2.00 bits per heavy atom. The minimum atomic E-state index is -0.587. The molecule has 0 radical (unpaired) electrons. The minimum Gasteiger partial charge on any atom is -0.343 e. The Morgan fingerprint density at radius 3 is 2.70 bits per heavy atom. The number of rotatable bonds is 6. The van der Waals surface area contributed by atoms with Crippen molar-refractivity contribution < 1.29 is 9.72 Å². The van der Waals surface area contributed by atoms with E-state index in [9.17, 15) is 19.7 Å². The predicted octanol–water partition coefficient (Wildman–Crippen LogP) is 4.13. The Morgan fingerprint density at radius 1 is 1.23 bits per heavy atom. The van der Waals surface area contributed by atoms with E-state index in [0.717, 1.165) is 30.7 Å². The normalized spacial score (nSPS) is 17.9. The molecular weight excluding hydrogens is 404 g/mol. The van der Waals surface area contributed by atoms with Crippen molar-refractivity contribution in [1.29, 1.82) is 0 Å². The molecule has 8 nitrogen and oxygen atoms in total. The fourth-order valence-corrected chi connectivity index (χ4v) is 4.89. The van der Waals surface area contributed by atoms with E-state index in [-0.39, 0.29) is 17.0 Å². The number of aromatic amines is 1. The van der Waals surface area contributed by atoms with Crippen LogP contribution in [-0.2, 0) is 4.79 Å². The molecule has 1 aliphatic carbocycles. The lowest BCUT2D eigenvalue weighted by Crippen LogP contribution is -2.32. The zero-order valence-corrected chi connectivity index (χ0v) is 17.4. The van der Waals surface area contributed by atoms with Gasteiger partial charge in [0.25, 0.3) is 11.2 Å². The van der Waals surface area contributed by atoms with E-state index >= 15 is 0 Å². The molecule has 1 aliphatic heterocycles. The summed E-state index contributed by atoms with van der Waals surface area (Å²) in [5, 5.41) is 14.8. The Bertz CT molecular complexity index is 1090. The zero-order valence-electron chi connectivity index (χ0n) is 16.6. The van der Waals surface area contributed by atoms with Crippen LogP contribution in [0.2, 0.25) is 0 Å². The number of ketones is 1. The third kappa shape index (κ3) is 3.77. The van der Waals surface area contributed by atoms with Crippen molar-refractivity contribution in [2.75, 3.05) is 11.1 Å². The number of unbranched alkanes of at least 4 members (excludes halogenated alkanes) is 1. The molecule has 9 heteroatoms. The number of allylic oxidation sites excluding steroid dienone is 2. The van der Waals surface area contributed by atoms with E-state index in [0.29, 0.717) is 40.5 Å². The van der Waals surface area contributed by atoms with Gasteiger partial charge in [0.2, 0.25) is 0 Å². The third-order valence-electron chi connectivity index (χ3n) is 5.41. The van der Waals surface area contributed by atoms with Crippen LogP contribution in [0.3, 0.4) is 0 Å². The number of nitrogens with zero attached hydrogens (tertiary/aromatic N) is 2. The SMILES string of the molecule is CCCCSc1nc2c(c(=O)[nH]1)[C@@H](c1ccc([N+](=O)[O-])cc1)C1=C(CCCC1=O)N2. The number of thioether (sulfide) groups is 1. The minimum absolute atomic E-state index is 0.00134. The molecule has 0 fully saturated rings. The number of nitro groups is 1. The first-order chi connectivity index (χ1) is 14.5. The summed E-state index contributed by atoms with van der Waals surface area (Å²) in [6.07, 6.45) is 3.95. The van der Waals surface area contributed by atoms with Crippen LogP contribution in [0.15, 0.2) is 45.5 Å². The third-order valence-corrected chi connectivity index (χ3v) is 6.37. The van der Waals surface area contributed by atoms with Crippen LogP contribution in [0.25, 0.3) is 0 Å². The van der Waals surface area contributed by atoms with E-state index in [2.05, 4.69) is 22.2 Å². The van der Waals surface area contributed by atoms with Crippen molar-refractivity contribution in [2.45, 2.75) is 50.1 Å². The van der Waals surface area contributed by atoms with Crippen molar-refractivity contribution in [3.8, 4) is 0 Å². The summed E-state index contributed by atoms with van der Waals surface area (Å²) in [6, 6.07) is 6.05. The summed E-state index contributed by atoms with van der Waals surface area (Å²) in [4.78, 5) is 43.9. The second-order valence-electron chi connectivity index (χ2n) is 7.41. The Kier molecular flexibility index (Phi) is 5.72. The van der Waals surface area contributed by atoms with E-state index < -0.39 is 10.8 Å². The van der Waals surface area contributed by atoms with Crippen LogP contribution in [0.4, 0.5) is 11.5 Å². The number of aromatic nitrogens is 2. The Labute approximate surface area is 177 Å². The Hall–Kier alpha value is -2.94. The van der Waals surface area contributed by atoms with Crippen LogP contribution in [-0.4, -0.2) is 26.4 Å². The fourth-order valence-electron chi connectivity index (χ4n) is 3.94. The Balaban J connectivity index is 1.82. The molecule has 30 heavy (non-hydrogen) atoms. The largest absolute Gasteiger partial charge is 0.343 e. The van der Waals surface area contributed by atoms with Gasteiger partial charge in [-0.05, 0) is 24.8 Å². The first-order valence-corrected chi connectivity index (χ1v) is 11.0. The average Bonchev–Trinajstić information content (AvgIpc) is 2.73. The van der Waals surface area contributed by atoms with Gasteiger partial charge in [-0.25, -0.2) is 4.98 Å². The molecule has 1 aromatic carbocycles. The van der Waals surface area contributed by atoms with Crippen LogP contribution in [0.5, 0.6) is 0 Å². The summed E-state index contributed by atoms with van der Waals surface area (Å²) >= 11 is 1.50. The highest BCUT2D eigenvalue weighted by atomic mass is 32.2. The number of carbonyl (C=O) groups excluding carboxylic acids is 1. The molecule has 0 saturated heterocycles. The van der Waals surface area contributed by atoms with Gasteiger partial charge < -0.3 is 10.3 Å².